The van der Waals surface area contributed by atoms with E-state index in [0.717, 1.165) is 12.1 Å². The predicted octanol–water partition coefficient (Wildman–Crippen LogP) is 0.837. The Bertz CT molecular complexity index is 647. The molecule has 0 aliphatic carbocycles. The fourth-order valence-electron chi connectivity index (χ4n) is 1.75. The van der Waals surface area contributed by atoms with Crippen LogP contribution in [0.15, 0.2) is 29.2 Å². The van der Waals surface area contributed by atoms with E-state index in [1.54, 1.807) is 0 Å². The molecule has 0 aromatic heterocycles. The van der Waals surface area contributed by atoms with E-state index in [-0.39, 0.29) is 6.54 Å². The van der Waals surface area contributed by atoms with E-state index < -0.39 is 38.6 Å². The summed E-state index contributed by atoms with van der Waals surface area (Å²) in [6, 6.07) is 2.55. The largest absolute Gasteiger partial charge is 0.417 e. The lowest BCUT2D eigenvalue weighted by atomic mass is 10.2. The fraction of sp³-hybridized carbons (Fsp3) is 0.462. The molecule has 1 atom stereocenters. The molecular weight excluding hydrogens is 335 g/mol. The summed E-state index contributed by atoms with van der Waals surface area (Å²) in [5.41, 5.74) is 3.97. The van der Waals surface area contributed by atoms with Crippen molar-refractivity contribution < 1.29 is 26.4 Å². The Hall–Kier alpha value is -1.65. The molecular formula is C13H18F3N3O3S. The zero-order chi connectivity index (χ0) is 17.7. The number of carbonyl (C=O) groups excluding carboxylic acids is 1. The second-order valence-electron chi connectivity index (χ2n) is 4.77. The monoisotopic (exact) mass is 353 g/mol. The van der Waals surface area contributed by atoms with Gasteiger partial charge in [0, 0.05) is 6.54 Å². The summed E-state index contributed by atoms with van der Waals surface area (Å²) in [6.07, 6.45) is -4.32. The van der Waals surface area contributed by atoms with Crippen molar-refractivity contribution in [1.29, 1.82) is 0 Å². The topological polar surface area (TPSA) is 101 Å². The molecule has 10 heteroatoms. The number of hydrogen-bond donors (Lipinski definition) is 3. The number of alkyl halides is 3. The van der Waals surface area contributed by atoms with E-state index in [0.29, 0.717) is 19.0 Å². The second-order valence-corrected chi connectivity index (χ2v) is 6.45. The number of rotatable bonds is 7. The van der Waals surface area contributed by atoms with Gasteiger partial charge in [0.25, 0.3) is 0 Å². The minimum absolute atomic E-state index is 0.251. The number of halogens is 3. The first-order valence-corrected chi connectivity index (χ1v) is 8.24. The standard InChI is InChI=1S/C13H18F3N3O3S/c1-9(12(20)18-8-4-7-17)19-23(21,22)11-6-3-2-5-10(11)13(14,15)16/h2-3,5-6,9,19H,4,7-8,17H2,1H3,(H,18,20). The molecule has 0 aliphatic heterocycles. The van der Waals surface area contributed by atoms with Crippen LogP contribution in [0.2, 0.25) is 0 Å². The Morgan fingerprint density at radius 2 is 1.91 bits per heavy atom. The average molecular weight is 353 g/mol. The lowest BCUT2D eigenvalue weighted by Crippen LogP contribution is -2.45. The van der Waals surface area contributed by atoms with E-state index in [2.05, 4.69) is 5.32 Å². The number of amides is 1. The second kappa shape index (κ2) is 7.75. The molecule has 130 valence electrons. The third-order valence-corrected chi connectivity index (χ3v) is 4.49. The van der Waals surface area contributed by atoms with E-state index in [1.807, 2.05) is 4.72 Å². The van der Waals surface area contributed by atoms with Crippen molar-refractivity contribution in [2.75, 3.05) is 13.1 Å². The molecule has 1 aromatic carbocycles. The highest BCUT2D eigenvalue weighted by Crippen LogP contribution is 2.33. The summed E-state index contributed by atoms with van der Waals surface area (Å²) in [5.74, 6) is -0.647. The molecule has 0 aliphatic rings. The quantitative estimate of drug-likeness (QED) is 0.632. The highest BCUT2D eigenvalue weighted by atomic mass is 32.2. The zero-order valence-electron chi connectivity index (χ0n) is 12.4. The van der Waals surface area contributed by atoms with E-state index >= 15 is 0 Å². The minimum atomic E-state index is -4.82. The summed E-state index contributed by atoms with van der Waals surface area (Å²) < 4.78 is 64.9. The summed E-state index contributed by atoms with van der Waals surface area (Å²) in [5, 5.41) is 2.43. The van der Waals surface area contributed by atoms with Gasteiger partial charge in [-0.2, -0.15) is 17.9 Å². The van der Waals surface area contributed by atoms with E-state index in [4.69, 9.17) is 5.73 Å². The molecule has 6 nitrogen and oxygen atoms in total. The molecule has 0 saturated carbocycles. The lowest BCUT2D eigenvalue weighted by molar-refractivity contribution is -0.139. The van der Waals surface area contributed by atoms with Crippen LogP contribution in [0.1, 0.15) is 18.9 Å². The molecule has 1 unspecified atom stereocenters. The van der Waals surface area contributed by atoms with Crippen molar-refractivity contribution >= 4 is 15.9 Å². The van der Waals surface area contributed by atoms with Gasteiger partial charge < -0.3 is 11.1 Å². The van der Waals surface area contributed by atoms with Gasteiger partial charge in [-0.25, -0.2) is 8.42 Å². The third-order valence-electron chi connectivity index (χ3n) is 2.89. The number of benzene rings is 1. The molecule has 0 spiro atoms. The van der Waals surface area contributed by atoms with Gasteiger partial charge in [-0.3, -0.25) is 4.79 Å². The van der Waals surface area contributed by atoms with Crippen LogP contribution in [0.3, 0.4) is 0 Å². The molecule has 0 saturated heterocycles. The van der Waals surface area contributed by atoms with Crippen LogP contribution in [0, 0.1) is 0 Å². The minimum Gasteiger partial charge on any atom is -0.355 e. The van der Waals surface area contributed by atoms with Gasteiger partial charge in [-0.05, 0) is 32.0 Å². The molecule has 23 heavy (non-hydrogen) atoms. The van der Waals surface area contributed by atoms with Gasteiger partial charge in [-0.15, -0.1) is 0 Å². The maximum absolute atomic E-state index is 12.9. The van der Waals surface area contributed by atoms with Crippen molar-refractivity contribution in [1.82, 2.24) is 10.0 Å². The number of carbonyl (C=O) groups is 1. The first kappa shape index (κ1) is 19.4. The normalized spacial score (nSPS) is 13.6. The van der Waals surface area contributed by atoms with E-state index in [9.17, 15) is 26.4 Å². The van der Waals surface area contributed by atoms with Gasteiger partial charge in [0.15, 0.2) is 0 Å². The van der Waals surface area contributed by atoms with Crippen LogP contribution >= 0.6 is 0 Å². The van der Waals surface area contributed by atoms with Gasteiger partial charge in [-0.1, -0.05) is 12.1 Å². The summed E-state index contributed by atoms with van der Waals surface area (Å²) >= 11 is 0. The van der Waals surface area contributed by atoms with Crippen molar-refractivity contribution in [2.24, 2.45) is 5.73 Å². The maximum Gasteiger partial charge on any atom is 0.417 e. The number of nitrogens with one attached hydrogen (secondary N) is 2. The lowest BCUT2D eigenvalue weighted by Gasteiger charge is -2.17. The summed E-state index contributed by atoms with van der Waals surface area (Å²) in [7, 11) is -4.50. The van der Waals surface area contributed by atoms with Gasteiger partial charge in [0.05, 0.1) is 16.5 Å². The fourth-order valence-corrected chi connectivity index (χ4v) is 3.18. The first-order chi connectivity index (χ1) is 10.6. The molecule has 0 bridgehead atoms. The SMILES string of the molecule is CC(NS(=O)(=O)c1ccccc1C(F)(F)F)C(=O)NCCCN. The molecule has 0 heterocycles. The molecule has 1 rings (SSSR count). The van der Waals surface area contributed by atoms with Crippen molar-refractivity contribution in [3.05, 3.63) is 29.8 Å². The highest BCUT2D eigenvalue weighted by Gasteiger charge is 2.37. The summed E-state index contributed by atoms with van der Waals surface area (Å²) in [4.78, 5) is 10.8. The number of sulfonamides is 1. The van der Waals surface area contributed by atoms with Crippen molar-refractivity contribution in [3.63, 3.8) is 0 Å². The van der Waals surface area contributed by atoms with Gasteiger partial charge >= 0.3 is 6.18 Å². The Balaban J connectivity index is 2.94. The summed E-state index contributed by atoms with van der Waals surface area (Å²) in [6.45, 7) is 1.84. The van der Waals surface area contributed by atoms with Gasteiger partial charge in [0.1, 0.15) is 0 Å². The average Bonchev–Trinajstić information content (AvgIpc) is 2.46. The molecule has 1 amide bonds. The van der Waals surface area contributed by atoms with Crippen molar-refractivity contribution in [2.45, 2.75) is 30.5 Å². The van der Waals surface area contributed by atoms with Crippen LogP contribution in [0.4, 0.5) is 13.2 Å². The first-order valence-electron chi connectivity index (χ1n) is 6.76. The Kier molecular flexibility index (Phi) is 6.54. The van der Waals surface area contributed by atoms with Crippen LogP contribution in [-0.2, 0) is 21.0 Å². The van der Waals surface area contributed by atoms with Crippen LogP contribution < -0.4 is 15.8 Å². The maximum atomic E-state index is 12.9. The highest BCUT2D eigenvalue weighted by molar-refractivity contribution is 7.89. The Labute approximate surface area is 132 Å². The molecule has 1 aromatic rings. The van der Waals surface area contributed by atoms with Crippen LogP contribution in [0.5, 0.6) is 0 Å². The van der Waals surface area contributed by atoms with Crippen molar-refractivity contribution in [3.8, 4) is 0 Å². The van der Waals surface area contributed by atoms with E-state index in [1.165, 1.54) is 13.0 Å². The Morgan fingerprint density at radius 1 is 1.30 bits per heavy atom. The number of hydrogen-bond acceptors (Lipinski definition) is 4. The van der Waals surface area contributed by atoms with Gasteiger partial charge in [0.2, 0.25) is 15.9 Å². The smallest absolute Gasteiger partial charge is 0.355 e. The Morgan fingerprint density at radius 3 is 2.48 bits per heavy atom. The number of nitrogens with two attached hydrogens (primary N) is 1. The van der Waals surface area contributed by atoms with Crippen LogP contribution in [-0.4, -0.2) is 33.5 Å². The molecule has 0 fully saturated rings. The van der Waals surface area contributed by atoms with Crippen LogP contribution in [0.25, 0.3) is 0 Å². The molecule has 4 N–H and O–H groups in total. The third kappa shape index (κ3) is 5.48. The predicted molar refractivity (Wildman–Crippen MR) is 77.9 cm³/mol. The molecule has 0 radical (unpaired) electrons. The zero-order valence-corrected chi connectivity index (χ0v) is 13.2.